The van der Waals surface area contributed by atoms with Gasteiger partial charge in [-0.25, -0.2) is 0 Å². The summed E-state index contributed by atoms with van der Waals surface area (Å²) < 4.78 is 5.94. The zero-order valence-corrected chi connectivity index (χ0v) is 12.1. The zero-order chi connectivity index (χ0) is 13.4. The van der Waals surface area contributed by atoms with Gasteiger partial charge >= 0.3 is 0 Å². The van der Waals surface area contributed by atoms with Crippen LogP contribution in [0.5, 0.6) is 0 Å². The van der Waals surface area contributed by atoms with Crippen LogP contribution in [0.15, 0.2) is 0 Å². The van der Waals surface area contributed by atoms with Crippen molar-refractivity contribution in [1.82, 2.24) is 0 Å². The van der Waals surface area contributed by atoms with E-state index in [0.717, 1.165) is 32.1 Å². The highest BCUT2D eigenvalue weighted by Gasteiger charge is 2.49. The molecule has 4 unspecified atom stereocenters. The normalized spacial score (nSPS) is 44.2. The van der Waals surface area contributed by atoms with E-state index in [9.17, 15) is 5.11 Å². The van der Waals surface area contributed by atoms with Crippen molar-refractivity contribution in [2.75, 3.05) is 6.54 Å². The Morgan fingerprint density at radius 1 is 1.28 bits per heavy atom. The summed E-state index contributed by atoms with van der Waals surface area (Å²) in [5, 5.41) is 10.7. The fourth-order valence-electron chi connectivity index (χ4n) is 4.00. The van der Waals surface area contributed by atoms with Gasteiger partial charge in [0.15, 0.2) is 0 Å². The third-order valence-corrected chi connectivity index (χ3v) is 5.18. The number of hydrogen-bond donors (Lipinski definition) is 2. The minimum absolute atomic E-state index is 0.0121. The number of ether oxygens (including phenoxy) is 1. The van der Waals surface area contributed by atoms with E-state index in [4.69, 9.17) is 10.5 Å². The summed E-state index contributed by atoms with van der Waals surface area (Å²) in [4.78, 5) is 0. The maximum absolute atomic E-state index is 10.7. The van der Waals surface area contributed by atoms with E-state index < -0.39 is 0 Å². The first-order chi connectivity index (χ1) is 8.39. The quantitative estimate of drug-likeness (QED) is 0.814. The molecule has 0 amide bonds. The average molecular weight is 255 g/mol. The molecular weight excluding hydrogens is 226 g/mol. The summed E-state index contributed by atoms with van der Waals surface area (Å²) in [6.45, 7) is 7.04. The first kappa shape index (κ1) is 14.3. The minimum Gasteiger partial charge on any atom is -0.392 e. The van der Waals surface area contributed by atoms with E-state index in [1.807, 2.05) is 0 Å². The van der Waals surface area contributed by atoms with Crippen LogP contribution in [0.2, 0.25) is 0 Å². The lowest BCUT2D eigenvalue weighted by molar-refractivity contribution is -0.111. The van der Waals surface area contributed by atoms with Crippen molar-refractivity contribution < 1.29 is 9.84 Å². The lowest BCUT2D eigenvalue weighted by Crippen LogP contribution is -2.53. The lowest BCUT2D eigenvalue weighted by Gasteiger charge is -2.50. The van der Waals surface area contributed by atoms with E-state index in [1.54, 1.807) is 0 Å². The molecule has 0 radical (unpaired) electrons. The number of aliphatic hydroxyl groups is 1. The molecule has 3 N–H and O–H groups in total. The molecule has 1 saturated carbocycles. The lowest BCUT2D eigenvalue weighted by atomic mass is 9.59. The van der Waals surface area contributed by atoms with Crippen molar-refractivity contribution in [3.8, 4) is 0 Å². The minimum atomic E-state index is -0.303. The van der Waals surface area contributed by atoms with Crippen molar-refractivity contribution >= 4 is 0 Å². The SMILES string of the molecule is CC1CCC(CC2(CN)CCCC(C)(C)C2O)O1. The monoisotopic (exact) mass is 255 g/mol. The van der Waals surface area contributed by atoms with Gasteiger partial charge in [0.25, 0.3) is 0 Å². The van der Waals surface area contributed by atoms with E-state index in [0.29, 0.717) is 18.8 Å². The molecular formula is C15H29NO2. The van der Waals surface area contributed by atoms with E-state index in [2.05, 4.69) is 20.8 Å². The molecule has 1 aliphatic carbocycles. The molecule has 2 fully saturated rings. The number of nitrogens with two attached hydrogens (primary N) is 1. The molecule has 1 aliphatic heterocycles. The fourth-order valence-corrected chi connectivity index (χ4v) is 4.00. The van der Waals surface area contributed by atoms with Gasteiger partial charge in [0.2, 0.25) is 0 Å². The van der Waals surface area contributed by atoms with Crippen LogP contribution in [-0.2, 0) is 4.74 Å². The van der Waals surface area contributed by atoms with Crippen LogP contribution in [0.3, 0.4) is 0 Å². The molecule has 3 nitrogen and oxygen atoms in total. The predicted molar refractivity (Wildman–Crippen MR) is 73.3 cm³/mol. The summed E-state index contributed by atoms with van der Waals surface area (Å²) in [6.07, 6.45) is 6.87. The summed E-state index contributed by atoms with van der Waals surface area (Å²) >= 11 is 0. The van der Waals surface area contributed by atoms with Crippen molar-refractivity contribution in [2.24, 2.45) is 16.6 Å². The van der Waals surface area contributed by atoms with Gasteiger partial charge < -0.3 is 15.6 Å². The van der Waals surface area contributed by atoms with Crippen LogP contribution in [0.25, 0.3) is 0 Å². The van der Waals surface area contributed by atoms with Gasteiger partial charge in [-0.15, -0.1) is 0 Å². The molecule has 1 saturated heterocycles. The molecule has 1 heterocycles. The second-order valence-corrected chi connectivity index (χ2v) is 7.16. The third-order valence-electron chi connectivity index (χ3n) is 5.18. The second-order valence-electron chi connectivity index (χ2n) is 7.16. The second kappa shape index (κ2) is 5.10. The highest BCUT2D eigenvalue weighted by atomic mass is 16.5. The zero-order valence-electron chi connectivity index (χ0n) is 12.1. The topological polar surface area (TPSA) is 55.5 Å². The van der Waals surface area contributed by atoms with E-state index >= 15 is 0 Å². The molecule has 18 heavy (non-hydrogen) atoms. The van der Waals surface area contributed by atoms with E-state index in [1.165, 1.54) is 6.42 Å². The Bertz CT molecular complexity index is 292. The molecule has 106 valence electrons. The van der Waals surface area contributed by atoms with Gasteiger partial charge in [0.1, 0.15) is 0 Å². The molecule has 0 aromatic rings. The highest BCUT2D eigenvalue weighted by molar-refractivity contribution is 5.00. The molecule has 4 atom stereocenters. The first-order valence-corrected chi connectivity index (χ1v) is 7.43. The Kier molecular flexibility index (Phi) is 4.05. The van der Waals surface area contributed by atoms with Crippen molar-refractivity contribution in [3.63, 3.8) is 0 Å². The van der Waals surface area contributed by atoms with E-state index in [-0.39, 0.29) is 16.9 Å². The van der Waals surface area contributed by atoms with Gasteiger partial charge in [-0.05, 0) is 44.4 Å². The fraction of sp³-hybridized carbons (Fsp3) is 1.00. The Hall–Kier alpha value is -0.120. The van der Waals surface area contributed by atoms with Gasteiger partial charge in [-0.2, -0.15) is 0 Å². The molecule has 2 rings (SSSR count). The Balaban J connectivity index is 2.09. The van der Waals surface area contributed by atoms with Crippen molar-refractivity contribution in [2.45, 2.75) is 77.6 Å². The first-order valence-electron chi connectivity index (χ1n) is 7.43. The number of hydrogen-bond acceptors (Lipinski definition) is 3. The van der Waals surface area contributed by atoms with Crippen LogP contribution in [0, 0.1) is 10.8 Å². The van der Waals surface area contributed by atoms with Crippen molar-refractivity contribution in [3.05, 3.63) is 0 Å². The third kappa shape index (κ3) is 2.59. The molecule has 0 spiro atoms. The molecule has 2 aliphatic rings. The van der Waals surface area contributed by atoms with Crippen LogP contribution in [-0.4, -0.2) is 30.0 Å². The Morgan fingerprint density at radius 3 is 2.56 bits per heavy atom. The average Bonchev–Trinajstić information content (AvgIpc) is 2.71. The maximum atomic E-state index is 10.7. The predicted octanol–water partition coefficient (Wildman–Crippen LogP) is 2.46. The number of rotatable bonds is 3. The van der Waals surface area contributed by atoms with Gasteiger partial charge in [-0.3, -0.25) is 0 Å². The highest BCUT2D eigenvalue weighted by Crippen LogP contribution is 2.49. The molecule has 3 heteroatoms. The number of aliphatic hydroxyl groups excluding tert-OH is 1. The molecule has 0 bridgehead atoms. The van der Waals surface area contributed by atoms with Crippen LogP contribution < -0.4 is 5.73 Å². The van der Waals surface area contributed by atoms with Gasteiger partial charge in [-0.1, -0.05) is 20.3 Å². The standard InChI is InChI=1S/C15H29NO2/c1-11-5-6-12(18-11)9-15(10-16)8-4-7-14(2,3)13(15)17/h11-13,17H,4-10,16H2,1-3H3. The van der Waals surface area contributed by atoms with Gasteiger partial charge in [0.05, 0.1) is 18.3 Å². The Labute approximate surface area is 111 Å². The summed E-state index contributed by atoms with van der Waals surface area (Å²) in [7, 11) is 0. The molecule has 0 aromatic carbocycles. The smallest absolute Gasteiger partial charge is 0.0660 e. The van der Waals surface area contributed by atoms with Crippen molar-refractivity contribution in [1.29, 1.82) is 0 Å². The van der Waals surface area contributed by atoms with Crippen LogP contribution in [0.4, 0.5) is 0 Å². The molecule has 0 aromatic heterocycles. The van der Waals surface area contributed by atoms with Gasteiger partial charge in [0, 0.05) is 12.0 Å². The largest absolute Gasteiger partial charge is 0.392 e. The summed E-state index contributed by atoms with van der Waals surface area (Å²) in [5.74, 6) is 0. The van der Waals surface area contributed by atoms with Crippen LogP contribution in [0.1, 0.15) is 59.3 Å². The Morgan fingerprint density at radius 2 is 2.00 bits per heavy atom. The van der Waals surface area contributed by atoms with Crippen LogP contribution >= 0.6 is 0 Å². The summed E-state index contributed by atoms with van der Waals surface area (Å²) in [6, 6.07) is 0. The summed E-state index contributed by atoms with van der Waals surface area (Å²) in [5.41, 5.74) is 5.91. The maximum Gasteiger partial charge on any atom is 0.0660 e.